The smallest absolute Gasteiger partial charge is 0.378 e. The van der Waals surface area contributed by atoms with Gasteiger partial charge < -0.3 is 29.9 Å². The standard InChI is InChI=1S/C43H75NO10/c1-3-5-7-9-11-13-15-17-19-21-23-25-27-29-35(47)42(52)31-32-44-43(42,41(51)54-39-37(49)40(50)53-38(39)34(46)33-45)36(48)30-28-26-24-22-20-18-16-14-12-10-8-6-4-2/h34,38,44-46,49,52H,3-33H2,1-2H3/t34-,38+,42?,43+/m0/s1. The highest BCUT2D eigenvalue weighted by Gasteiger charge is 2.68. The molecule has 4 atom stereocenters. The minimum atomic E-state index is -2.48. The van der Waals surface area contributed by atoms with Crippen LogP contribution in [0.4, 0.5) is 0 Å². The van der Waals surface area contributed by atoms with Gasteiger partial charge in [0.2, 0.25) is 17.1 Å². The number of unbranched alkanes of at least 4 members (excludes halogenated alkanes) is 24. The molecule has 0 saturated carbocycles. The Labute approximate surface area is 325 Å². The molecule has 2 heterocycles. The molecule has 0 amide bonds. The van der Waals surface area contributed by atoms with Crippen LogP contribution in [-0.2, 0) is 28.7 Å². The van der Waals surface area contributed by atoms with E-state index in [9.17, 15) is 39.6 Å². The number of hydrogen-bond donors (Lipinski definition) is 5. The number of aliphatic hydroxyl groups is 4. The van der Waals surface area contributed by atoms with Crippen molar-refractivity contribution in [1.29, 1.82) is 0 Å². The Morgan fingerprint density at radius 1 is 0.704 bits per heavy atom. The Morgan fingerprint density at radius 2 is 1.09 bits per heavy atom. The quantitative estimate of drug-likeness (QED) is 0.0243. The maximum absolute atomic E-state index is 14.1. The predicted octanol–water partition coefficient (Wildman–Crippen LogP) is 8.14. The van der Waals surface area contributed by atoms with Gasteiger partial charge in [0.05, 0.1) is 6.61 Å². The van der Waals surface area contributed by atoms with Gasteiger partial charge >= 0.3 is 11.9 Å². The molecule has 312 valence electrons. The second-order valence-corrected chi connectivity index (χ2v) is 15.8. The summed E-state index contributed by atoms with van der Waals surface area (Å²) in [4.78, 5) is 54.0. The Bertz CT molecular complexity index is 1140. The van der Waals surface area contributed by atoms with Crippen molar-refractivity contribution < 1.29 is 49.1 Å². The van der Waals surface area contributed by atoms with Crippen LogP contribution in [-0.4, -0.2) is 80.4 Å². The van der Waals surface area contributed by atoms with Crippen molar-refractivity contribution in [2.24, 2.45) is 0 Å². The van der Waals surface area contributed by atoms with Crippen LogP contribution in [0.3, 0.4) is 0 Å². The number of hydrogen-bond acceptors (Lipinski definition) is 11. The predicted molar refractivity (Wildman–Crippen MR) is 210 cm³/mol. The van der Waals surface area contributed by atoms with Gasteiger partial charge in [-0.25, -0.2) is 9.59 Å². The Kier molecular flexibility index (Phi) is 24.2. The zero-order valence-electron chi connectivity index (χ0n) is 33.8. The number of esters is 2. The minimum Gasteiger partial charge on any atom is -0.499 e. The molecule has 54 heavy (non-hydrogen) atoms. The molecule has 0 spiro atoms. The summed E-state index contributed by atoms with van der Waals surface area (Å²) in [6.45, 7) is 3.54. The number of nitrogens with one attached hydrogen (secondary N) is 1. The van der Waals surface area contributed by atoms with Crippen molar-refractivity contribution in [1.82, 2.24) is 5.32 Å². The first kappa shape index (κ1) is 47.8. The van der Waals surface area contributed by atoms with Crippen molar-refractivity contribution in [3.05, 3.63) is 11.5 Å². The molecule has 2 aliphatic heterocycles. The van der Waals surface area contributed by atoms with Crippen molar-refractivity contribution in [3.8, 4) is 0 Å². The first-order valence-electron chi connectivity index (χ1n) is 21.8. The molecule has 2 aliphatic rings. The van der Waals surface area contributed by atoms with Crippen LogP contribution in [0.1, 0.15) is 200 Å². The normalized spacial score (nSPS) is 21.8. The number of cyclic esters (lactones) is 1. The van der Waals surface area contributed by atoms with Gasteiger partial charge in [-0.2, -0.15) is 0 Å². The molecule has 0 bridgehead atoms. The summed E-state index contributed by atoms with van der Waals surface area (Å²) in [6.07, 6.45) is 25.3. The summed E-state index contributed by atoms with van der Waals surface area (Å²) in [7, 11) is 0. The number of carbonyl (C=O) groups is 4. The lowest BCUT2D eigenvalue weighted by Gasteiger charge is -2.38. The van der Waals surface area contributed by atoms with E-state index >= 15 is 0 Å². The van der Waals surface area contributed by atoms with Crippen LogP contribution in [0.5, 0.6) is 0 Å². The first-order chi connectivity index (χ1) is 26.1. The van der Waals surface area contributed by atoms with Gasteiger partial charge in [-0.05, 0) is 25.8 Å². The Hall–Kier alpha value is -2.34. The van der Waals surface area contributed by atoms with E-state index in [1.807, 2.05) is 0 Å². The van der Waals surface area contributed by atoms with E-state index in [0.717, 1.165) is 51.4 Å². The Morgan fingerprint density at radius 3 is 1.50 bits per heavy atom. The van der Waals surface area contributed by atoms with E-state index in [4.69, 9.17) is 9.47 Å². The summed E-state index contributed by atoms with van der Waals surface area (Å²) in [6, 6.07) is 0. The molecule has 2 rings (SSSR count). The lowest BCUT2D eigenvalue weighted by Crippen LogP contribution is -2.70. The fraction of sp³-hybridized carbons (Fsp3) is 0.860. The molecule has 0 aromatic rings. The average Bonchev–Trinajstić information content (AvgIpc) is 3.67. The number of ketones is 2. The van der Waals surface area contributed by atoms with E-state index in [1.54, 1.807) is 0 Å². The number of aliphatic hydroxyl groups excluding tert-OH is 3. The summed E-state index contributed by atoms with van der Waals surface area (Å²) < 4.78 is 10.3. The molecule has 1 fully saturated rings. The number of rotatable bonds is 34. The lowest BCUT2D eigenvalue weighted by atomic mass is 9.72. The van der Waals surface area contributed by atoms with E-state index < -0.39 is 65.0 Å². The molecule has 0 aliphatic carbocycles. The third-order valence-electron chi connectivity index (χ3n) is 11.4. The number of carbonyl (C=O) groups excluding carboxylic acids is 4. The molecule has 0 radical (unpaired) electrons. The second-order valence-electron chi connectivity index (χ2n) is 15.8. The van der Waals surface area contributed by atoms with Gasteiger partial charge in [-0.15, -0.1) is 0 Å². The molecule has 11 heteroatoms. The second kappa shape index (κ2) is 27.3. The zero-order chi connectivity index (χ0) is 39.7. The summed E-state index contributed by atoms with van der Waals surface area (Å²) in [5, 5.41) is 44.8. The summed E-state index contributed by atoms with van der Waals surface area (Å²) in [5.41, 5.74) is -4.90. The molecule has 1 unspecified atom stereocenters. The average molecular weight is 766 g/mol. The minimum absolute atomic E-state index is 0.0244. The van der Waals surface area contributed by atoms with Gasteiger partial charge in [-0.1, -0.05) is 168 Å². The fourth-order valence-electron chi connectivity index (χ4n) is 7.89. The summed E-state index contributed by atoms with van der Waals surface area (Å²) >= 11 is 0. The van der Waals surface area contributed by atoms with E-state index in [2.05, 4.69) is 19.2 Å². The largest absolute Gasteiger partial charge is 0.499 e. The van der Waals surface area contributed by atoms with E-state index in [0.29, 0.717) is 12.8 Å². The van der Waals surface area contributed by atoms with E-state index in [-0.39, 0.29) is 25.8 Å². The molecule has 5 N–H and O–H groups in total. The maximum Gasteiger partial charge on any atom is 0.378 e. The highest BCUT2D eigenvalue weighted by Crippen LogP contribution is 2.39. The lowest BCUT2D eigenvalue weighted by molar-refractivity contribution is -0.171. The van der Waals surface area contributed by atoms with Crippen LogP contribution in [0, 0.1) is 0 Å². The third-order valence-corrected chi connectivity index (χ3v) is 11.4. The van der Waals surface area contributed by atoms with Crippen LogP contribution in [0.2, 0.25) is 0 Å². The highest BCUT2D eigenvalue weighted by atomic mass is 16.6. The highest BCUT2D eigenvalue weighted by molar-refractivity contribution is 6.16. The van der Waals surface area contributed by atoms with Crippen molar-refractivity contribution in [2.75, 3.05) is 13.2 Å². The molecule has 0 aromatic carbocycles. The first-order valence-corrected chi connectivity index (χ1v) is 21.8. The summed E-state index contributed by atoms with van der Waals surface area (Å²) in [5.74, 6) is -5.87. The SMILES string of the molecule is CCCCCCCCCCCCCCCC(=O)C1(O)CCN[C@]1(C(=O)CCCCCCCCCCCCCCC)C(=O)OC1=C(O)C(=O)O[C@@H]1[C@@H](O)CO. The third kappa shape index (κ3) is 15.0. The van der Waals surface area contributed by atoms with Crippen LogP contribution >= 0.6 is 0 Å². The molecular weight excluding hydrogens is 690 g/mol. The topological polar surface area (TPSA) is 180 Å². The van der Waals surface area contributed by atoms with Crippen molar-refractivity contribution >= 4 is 23.5 Å². The zero-order valence-corrected chi connectivity index (χ0v) is 33.8. The molecule has 1 saturated heterocycles. The molecule has 0 aromatic heterocycles. The monoisotopic (exact) mass is 766 g/mol. The van der Waals surface area contributed by atoms with Crippen LogP contribution in [0.15, 0.2) is 11.5 Å². The Balaban J connectivity index is 1.98. The van der Waals surface area contributed by atoms with Crippen molar-refractivity contribution in [3.63, 3.8) is 0 Å². The fourth-order valence-corrected chi connectivity index (χ4v) is 7.89. The van der Waals surface area contributed by atoms with Gasteiger partial charge in [0.15, 0.2) is 23.3 Å². The molecular formula is C43H75NO10. The van der Waals surface area contributed by atoms with Crippen molar-refractivity contribution in [2.45, 2.75) is 223 Å². The van der Waals surface area contributed by atoms with Crippen LogP contribution in [0.25, 0.3) is 0 Å². The van der Waals surface area contributed by atoms with Gasteiger partial charge in [0.1, 0.15) is 6.10 Å². The number of ether oxygens (including phenoxy) is 2. The van der Waals surface area contributed by atoms with Gasteiger partial charge in [-0.3, -0.25) is 14.9 Å². The van der Waals surface area contributed by atoms with Gasteiger partial charge in [0.25, 0.3) is 0 Å². The van der Waals surface area contributed by atoms with Crippen LogP contribution < -0.4 is 5.32 Å². The molecule has 11 nitrogen and oxygen atoms in total. The maximum atomic E-state index is 14.1. The van der Waals surface area contributed by atoms with Gasteiger partial charge in [0, 0.05) is 12.8 Å². The number of Topliss-reactive ketones (excluding diaryl/α,β-unsaturated/α-hetero) is 2. The van der Waals surface area contributed by atoms with E-state index in [1.165, 1.54) is 103 Å².